The molecule has 0 unspecified atom stereocenters. The first-order valence-corrected chi connectivity index (χ1v) is 9.82. The third-order valence-electron chi connectivity index (χ3n) is 5.31. The second-order valence-electron chi connectivity index (χ2n) is 7.33. The molecule has 0 saturated heterocycles. The van der Waals surface area contributed by atoms with Crippen molar-refractivity contribution in [2.24, 2.45) is 0 Å². The summed E-state index contributed by atoms with van der Waals surface area (Å²) in [6.45, 7) is 3.63. The van der Waals surface area contributed by atoms with Crippen LogP contribution in [0.3, 0.4) is 0 Å². The summed E-state index contributed by atoms with van der Waals surface area (Å²) in [6, 6.07) is 23.1. The quantitative estimate of drug-likeness (QED) is 0.589. The van der Waals surface area contributed by atoms with Gasteiger partial charge in [-0.15, -0.1) is 0 Å². The molecule has 0 N–H and O–H groups in total. The van der Waals surface area contributed by atoms with E-state index in [9.17, 15) is 4.79 Å². The standard InChI is InChI=1S/C24H26N2O/c1-2-19-10-12-21(13-11-19)24(27)26(22-14-15-22)18-23-9-6-16-25(23)17-20-7-4-3-5-8-20/h3-13,16,22H,2,14-15,17-18H2,1H3. The normalized spacial score (nSPS) is 13.5. The van der Waals surface area contributed by atoms with Crippen LogP contribution in [-0.2, 0) is 19.5 Å². The van der Waals surface area contributed by atoms with Crippen LogP contribution in [0.1, 0.15) is 46.9 Å². The molecule has 1 heterocycles. The molecule has 1 saturated carbocycles. The van der Waals surface area contributed by atoms with Crippen molar-refractivity contribution in [3.8, 4) is 0 Å². The monoisotopic (exact) mass is 358 g/mol. The maximum Gasteiger partial charge on any atom is 0.254 e. The highest BCUT2D eigenvalue weighted by atomic mass is 16.2. The summed E-state index contributed by atoms with van der Waals surface area (Å²) < 4.78 is 2.25. The van der Waals surface area contributed by atoms with Crippen LogP contribution >= 0.6 is 0 Å². The number of hydrogen-bond donors (Lipinski definition) is 0. The van der Waals surface area contributed by atoms with Gasteiger partial charge in [0.25, 0.3) is 5.91 Å². The largest absolute Gasteiger partial charge is 0.345 e. The Balaban J connectivity index is 1.52. The number of carbonyl (C=O) groups is 1. The van der Waals surface area contributed by atoms with Gasteiger partial charge < -0.3 is 9.47 Å². The van der Waals surface area contributed by atoms with Crippen LogP contribution in [0.4, 0.5) is 0 Å². The Morgan fingerprint density at radius 3 is 2.37 bits per heavy atom. The molecule has 4 rings (SSSR count). The third-order valence-corrected chi connectivity index (χ3v) is 5.31. The van der Waals surface area contributed by atoms with E-state index < -0.39 is 0 Å². The molecule has 1 aliphatic carbocycles. The molecule has 27 heavy (non-hydrogen) atoms. The molecular formula is C24H26N2O. The number of nitrogens with zero attached hydrogens (tertiary/aromatic N) is 2. The second kappa shape index (κ2) is 7.83. The van der Waals surface area contributed by atoms with Crippen molar-refractivity contribution >= 4 is 5.91 Å². The lowest BCUT2D eigenvalue weighted by atomic mass is 10.1. The minimum absolute atomic E-state index is 0.146. The van der Waals surface area contributed by atoms with Gasteiger partial charge in [-0.25, -0.2) is 0 Å². The van der Waals surface area contributed by atoms with Crippen molar-refractivity contribution in [2.45, 2.75) is 45.3 Å². The van der Waals surface area contributed by atoms with Gasteiger partial charge >= 0.3 is 0 Å². The van der Waals surface area contributed by atoms with E-state index in [1.54, 1.807) is 0 Å². The van der Waals surface area contributed by atoms with Gasteiger partial charge in [-0.05, 0) is 54.7 Å². The number of benzene rings is 2. The fourth-order valence-electron chi connectivity index (χ4n) is 3.50. The number of rotatable bonds is 7. The molecule has 0 bridgehead atoms. The van der Waals surface area contributed by atoms with E-state index in [4.69, 9.17) is 0 Å². The Labute approximate surface area is 161 Å². The van der Waals surface area contributed by atoms with Gasteiger partial charge in [0.1, 0.15) is 0 Å². The average Bonchev–Trinajstić information content (AvgIpc) is 3.47. The maximum atomic E-state index is 13.1. The van der Waals surface area contributed by atoms with Gasteiger partial charge in [0, 0.05) is 30.0 Å². The van der Waals surface area contributed by atoms with Crippen molar-refractivity contribution in [1.29, 1.82) is 0 Å². The van der Waals surface area contributed by atoms with Crippen LogP contribution in [0.25, 0.3) is 0 Å². The molecule has 1 fully saturated rings. The Kier molecular flexibility index (Phi) is 5.10. The van der Waals surface area contributed by atoms with Crippen LogP contribution in [-0.4, -0.2) is 21.4 Å². The van der Waals surface area contributed by atoms with Gasteiger partial charge in [0.15, 0.2) is 0 Å². The van der Waals surface area contributed by atoms with Crippen LogP contribution in [0.15, 0.2) is 72.9 Å². The summed E-state index contributed by atoms with van der Waals surface area (Å²) in [5, 5.41) is 0. The molecule has 2 aromatic carbocycles. The van der Waals surface area contributed by atoms with E-state index >= 15 is 0 Å². The van der Waals surface area contributed by atoms with Gasteiger partial charge in [0.05, 0.1) is 6.54 Å². The summed E-state index contributed by atoms with van der Waals surface area (Å²) in [4.78, 5) is 15.2. The lowest BCUT2D eigenvalue weighted by Gasteiger charge is -2.24. The van der Waals surface area contributed by atoms with E-state index in [1.165, 1.54) is 16.8 Å². The van der Waals surface area contributed by atoms with Gasteiger partial charge in [-0.2, -0.15) is 0 Å². The maximum absolute atomic E-state index is 13.1. The number of hydrogen-bond acceptors (Lipinski definition) is 1. The fourth-order valence-corrected chi connectivity index (χ4v) is 3.50. The highest BCUT2D eigenvalue weighted by Crippen LogP contribution is 2.30. The summed E-state index contributed by atoms with van der Waals surface area (Å²) in [6.07, 6.45) is 5.32. The summed E-state index contributed by atoms with van der Waals surface area (Å²) in [5.74, 6) is 0.146. The zero-order valence-corrected chi connectivity index (χ0v) is 15.8. The van der Waals surface area contributed by atoms with Crippen molar-refractivity contribution in [2.75, 3.05) is 0 Å². The second-order valence-corrected chi connectivity index (χ2v) is 7.33. The smallest absolute Gasteiger partial charge is 0.254 e. The van der Waals surface area contributed by atoms with Crippen LogP contribution in [0.2, 0.25) is 0 Å². The molecule has 1 amide bonds. The van der Waals surface area contributed by atoms with E-state index in [1.807, 2.05) is 18.2 Å². The average molecular weight is 358 g/mol. The molecule has 138 valence electrons. The molecule has 0 atom stereocenters. The molecule has 1 aliphatic rings. The van der Waals surface area contributed by atoms with Crippen molar-refractivity contribution in [1.82, 2.24) is 9.47 Å². The Hall–Kier alpha value is -2.81. The lowest BCUT2D eigenvalue weighted by molar-refractivity contribution is 0.0726. The van der Waals surface area contributed by atoms with Crippen molar-refractivity contribution in [3.63, 3.8) is 0 Å². The first kappa shape index (κ1) is 17.6. The number of aromatic nitrogens is 1. The minimum Gasteiger partial charge on any atom is -0.345 e. The molecule has 0 spiro atoms. The molecule has 3 aromatic rings. The third kappa shape index (κ3) is 4.13. The predicted octanol–water partition coefficient (Wildman–Crippen LogP) is 4.90. The molecule has 0 radical (unpaired) electrons. The van der Waals surface area contributed by atoms with E-state index in [-0.39, 0.29) is 5.91 Å². The Morgan fingerprint density at radius 1 is 0.963 bits per heavy atom. The lowest BCUT2D eigenvalue weighted by Crippen LogP contribution is -2.33. The Morgan fingerprint density at radius 2 is 1.70 bits per heavy atom. The molecule has 1 aromatic heterocycles. The van der Waals surface area contributed by atoms with Crippen LogP contribution in [0.5, 0.6) is 0 Å². The molecular weight excluding hydrogens is 332 g/mol. The summed E-state index contributed by atoms with van der Waals surface area (Å²) >= 11 is 0. The first-order valence-electron chi connectivity index (χ1n) is 9.82. The van der Waals surface area contributed by atoms with E-state index in [0.717, 1.165) is 31.4 Å². The summed E-state index contributed by atoms with van der Waals surface area (Å²) in [7, 11) is 0. The minimum atomic E-state index is 0.146. The summed E-state index contributed by atoms with van der Waals surface area (Å²) in [5.41, 5.74) is 4.51. The highest BCUT2D eigenvalue weighted by molar-refractivity contribution is 5.94. The van der Waals surface area contributed by atoms with Crippen LogP contribution < -0.4 is 0 Å². The highest BCUT2D eigenvalue weighted by Gasteiger charge is 2.33. The zero-order valence-electron chi connectivity index (χ0n) is 15.8. The zero-order chi connectivity index (χ0) is 18.6. The SMILES string of the molecule is CCc1ccc(C(=O)N(Cc2cccn2Cc2ccccc2)C2CC2)cc1. The molecule has 3 nitrogen and oxygen atoms in total. The van der Waals surface area contributed by atoms with Gasteiger partial charge in [-0.3, -0.25) is 4.79 Å². The predicted molar refractivity (Wildman–Crippen MR) is 109 cm³/mol. The molecule has 0 aliphatic heterocycles. The topological polar surface area (TPSA) is 25.2 Å². The van der Waals surface area contributed by atoms with E-state index in [0.29, 0.717) is 12.6 Å². The fraction of sp³-hybridized carbons (Fsp3) is 0.292. The number of amides is 1. The first-order chi connectivity index (χ1) is 13.2. The van der Waals surface area contributed by atoms with Gasteiger partial charge in [0.2, 0.25) is 0 Å². The Bertz CT molecular complexity index is 892. The number of aryl methyl sites for hydroxylation is 1. The van der Waals surface area contributed by atoms with Crippen LogP contribution in [0, 0.1) is 0 Å². The van der Waals surface area contributed by atoms with Gasteiger partial charge in [-0.1, -0.05) is 49.4 Å². The van der Waals surface area contributed by atoms with Crippen molar-refractivity contribution < 1.29 is 4.79 Å². The van der Waals surface area contributed by atoms with Crippen molar-refractivity contribution in [3.05, 3.63) is 95.3 Å². The number of carbonyl (C=O) groups excluding carboxylic acids is 1. The molecule has 3 heteroatoms. The van der Waals surface area contributed by atoms with E-state index in [2.05, 4.69) is 71.1 Å².